The number of likely N-dealkylation sites (N-methyl/N-ethyl adjacent to an activating group) is 1. The predicted octanol–water partition coefficient (Wildman–Crippen LogP) is 1.93. The molecule has 0 radical (unpaired) electrons. The van der Waals surface area contributed by atoms with Gasteiger partial charge in [0.05, 0.1) is 11.3 Å². The van der Waals surface area contributed by atoms with Crippen LogP contribution in [-0.2, 0) is 19.1 Å². The van der Waals surface area contributed by atoms with Crippen molar-refractivity contribution in [3.63, 3.8) is 0 Å². The highest BCUT2D eigenvalue weighted by molar-refractivity contribution is 6.15. The number of carbonyl (C=O) groups is 4. The average Bonchev–Trinajstić information content (AvgIpc) is 3.14. The first kappa shape index (κ1) is 20.4. The molecule has 0 bridgehead atoms. The third kappa shape index (κ3) is 2.97. The fourth-order valence-electron chi connectivity index (χ4n) is 4.97. The van der Waals surface area contributed by atoms with Gasteiger partial charge in [0, 0.05) is 32.5 Å². The van der Waals surface area contributed by atoms with Crippen LogP contribution in [0.2, 0.25) is 0 Å². The number of hydrogen-bond donors (Lipinski definition) is 0. The van der Waals surface area contributed by atoms with E-state index in [4.69, 9.17) is 4.74 Å². The summed E-state index contributed by atoms with van der Waals surface area (Å²) < 4.78 is 5.46. The lowest BCUT2D eigenvalue weighted by molar-refractivity contribution is -0.162. The lowest BCUT2D eigenvalue weighted by Crippen LogP contribution is -2.67. The molecule has 0 spiro atoms. The number of carbonyl (C=O) groups excluding carboxylic acids is 4. The number of anilines is 1. The van der Waals surface area contributed by atoms with Crippen molar-refractivity contribution in [3.8, 4) is 0 Å². The van der Waals surface area contributed by atoms with Crippen LogP contribution in [0.1, 0.15) is 55.8 Å². The molecule has 1 aromatic rings. The van der Waals surface area contributed by atoms with Crippen LogP contribution >= 0.6 is 0 Å². The number of rotatable bonds is 4. The largest absolute Gasteiger partial charge is 0.452 e. The maximum absolute atomic E-state index is 13.3. The Labute approximate surface area is 175 Å². The average molecular weight is 413 g/mol. The summed E-state index contributed by atoms with van der Waals surface area (Å²) in [7, 11) is 1.50. The Kier molecular flexibility index (Phi) is 5.26. The molecule has 0 aromatic heterocycles. The van der Waals surface area contributed by atoms with E-state index in [0.717, 1.165) is 25.7 Å². The lowest BCUT2D eigenvalue weighted by atomic mass is 9.97. The molecule has 3 heterocycles. The molecule has 8 nitrogen and oxygen atoms in total. The van der Waals surface area contributed by atoms with Gasteiger partial charge in [-0.3, -0.25) is 19.3 Å². The Morgan fingerprint density at radius 2 is 1.97 bits per heavy atom. The summed E-state index contributed by atoms with van der Waals surface area (Å²) in [6, 6.07) is 6.91. The lowest BCUT2D eigenvalue weighted by Gasteiger charge is -2.46. The van der Waals surface area contributed by atoms with Crippen LogP contribution in [0.15, 0.2) is 24.3 Å². The molecular weight excluding hydrogens is 386 g/mol. The number of fused-ring (bicyclic) bond motifs is 3. The minimum absolute atomic E-state index is 0.124. The molecule has 4 rings (SSSR count). The number of para-hydroxylation sites is 1. The van der Waals surface area contributed by atoms with E-state index in [9.17, 15) is 19.2 Å². The Bertz CT molecular complexity index is 901. The second-order valence-electron chi connectivity index (χ2n) is 8.15. The third-order valence-electron chi connectivity index (χ3n) is 6.61. The summed E-state index contributed by atoms with van der Waals surface area (Å²) in [6.07, 6.45) is 4.11. The van der Waals surface area contributed by atoms with Crippen LogP contribution in [0.3, 0.4) is 0 Å². The van der Waals surface area contributed by atoms with Gasteiger partial charge in [0.2, 0.25) is 11.6 Å². The van der Waals surface area contributed by atoms with Gasteiger partial charge in [0.15, 0.2) is 6.61 Å². The maximum atomic E-state index is 13.3. The van der Waals surface area contributed by atoms with Gasteiger partial charge in [-0.15, -0.1) is 0 Å². The summed E-state index contributed by atoms with van der Waals surface area (Å²) >= 11 is 0. The quantitative estimate of drug-likeness (QED) is 0.704. The number of amides is 3. The van der Waals surface area contributed by atoms with Gasteiger partial charge in [-0.25, -0.2) is 4.79 Å². The van der Waals surface area contributed by atoms with E-state index in [1.165, 1.54) is 16.8 Å². The normalized spacial score (nSPS) is 25.8. The van der Waals surface area contributed by atoms with Crippen molar-refractivity contribution in [1.82, 2.24) is 9.80 Å². The number of hydrogen-bond acceptors (Lipinski definition) is 5. The van der Waals surface area contributed by atoms with Crippen LogP contribution in [0.4, 0.5) is 5.69 Å². The summed E-state index contributed by atoms with van der Waals surface area (Å²) in [5.41, 5.74) is -0.767. The van der Waals surface area contributed by atoms with Gasteiger partial charge in [-0.2, -0.15) is 0 Å². The first-order chi connectivity index (χ1) is 14.4. The highest BCUT2D eigenvalue weighted by Crippen LogP contribution is 2.44. The molecule has 3 amide bonds. The second kappa shape index (κ2) is 7.74. The molecule has 30 heavy (non-hydrogen) atoms. The monoisotopic (exact) mass is 413 g/mol. The highest BCUT2D eigenvalue weighted by atomic mass is 16.5. The van der Waals surface area contributed by atoms with Gasteiger partial charge in [-0.1, -0.05) is 19.1 Å². The molecule has 0 saturated carbocycles. The summed E-state index contributed by atoms with van der Waals surface area (Å²) in [5, 5.41) is 0. The Morgan fingerprint density at radius 1 is 1.20 bits per heavy atom. The van der Waals surface area contributed by atoms with Crippen molar-refractivity contribution in [1.29, 1.82) is 0 Å². The molecule has 2 atom stereocenters. The van der Waals surface area contributed by atoms with Crippen molar-refractivity contribution in [2.75, 3.05) is 25.1 Å². The van der Waals surface area contributed by atoms with Gasteiger partial charge < -0.3 is 14.5 Å². The van der Waals surface area contributed by atoms with Gasteiger partial charge in [-0.05, 0) is 37.8 Å². The van der Waals surface area contributed by atoms with Crippen LogP contribution in [0, 0.1) is 0 Å². The third-order valence-corrected chi connectivity index (χ3v) is 6.61. The van der Waals surface area contributed by atoms with E-state index < -0.39 is 11.6 Å². The fraction of sp³-hybridized carbons (Fsp3) is 0.545. The fourth-order valence-corrected chi connectivity index (χ4v) is 4.97. The predicted molar refractivity (Wildman–Crippen MR) is 109 cm³/mol. The number of esters is 1. The molecule has 1 aromatic carbocycles. The molecule has 0 unspecified atom stereocenters. The van der Waals surface area contributed by atoms with E-state index in [1.807, 2.05) is 6.92 Å². The van der Waals surface area contributed by atoms with E-state index in [0.29, 0.717) is 17.8 Å². The number of likely N-dealkylation sites (tertiary alicyclic amines) is 1. The highest BCUT2D eigenvalue weighted by Gasteiger charge is 2.60. The van der Waals surface area contributed by atoms with E-state index in [-0.39, 0.29) is 43.2 Å². The molecule has 3 aliphatic heterocycles. The summed E-state index contributed by atoms with van der Waals surface area (Å²) in [4.78, 5) is 56.1. The van der Waals surface area contributed by atoms with Gasteiger partial charge in [0.1, 0.15) is 0 Å². The number of ether oxygens (including phenoxy) is 1. The molecular formula is C22H27N3O5. The van der Waals surface area contributed by atoms with Crippen molar-refractivity contribution in [2.45, 2.75) is 57.2 Å². The standard InChI is InChI=1S/C22H27N3O5/c1-3-15-8-6-7-13-24(15)19(27)14-30-21(29)22-12-11-18(26)25(22)17-10-5-4-9-16(17)20(28)23(22)2/h4-5,9-10,15H,3,6-8,11-14H2,1-2H3/t15-,22+/m0/s1. The minimum atomic E-state index is -1.55. The van der Waals surface area contributed by atoms with Gasteiger partial charge in [0.25, 0.3) is 11.8 Å². The molecule has 8 heteroatoms. The zero-order chi connectivity index (χ0) is 21.5. The smallest absolute Gasteiger partial charge is 0.354 e. The summed E-state index contributed by atoms with van der Waals surface area (Å²) in [6.45, 7) is 2.32. The maximum Gasteiger partial charge on any atom is 0.354 e. The molecule has 0 aliphatic carbocycles. The van der Waals surface area contributed by atoms with Crippen LogP contribution in [-0.4, -0.2) is 65.4 Å². The van der Waals surface area contributed by atoms with E-state index in [2.05, 4.69) is 0 Å². The molecule has 0 N–H and O–H groups in total. The van der Waals surface area contributed by atoms with E-state index >= 15 is 0 Å². The van der Waals surface area contributed by atoms with Crippen molar-refractivity contribution < 1.29 is 23.9 Å². The zero-order valence-electron chi connectivity index (χ0n) is 17.4. The summed E-state index contributed by atoms with van der Waals surface area (Å²) in [5.74, 6) is -1.56. The number of nitrogens with zero attached hydrogens (tertiary/aromatic N) is 3. The molecule has 2 saturated heterocycles. The van der Waals surface area contributed by atoms with Crippen LogP contribution in [0.5, 0.6) is 0 Å². The molecule has 160 valence electrons. The van der Waals surface area contributed by atoms with Gasteiger partial charge >= 0.3 is 5.97 Å². The molecule has 3 aliphatic rings. The zero-order valence-corrected chi connectivity index (χ0v) is 17.4. The van der Waals surface area contributed by atoms with Crippen LogP contribution in [0.25, 0.3) is 0 Å². The Hall–Kier alpha value is -2.90. The van der Waals surface area contributed by atoms with E-state index in [1.54, 1.807) is 29.2 Å². The van der Waals surface area contributed by atoms with Crippen LogP contribution < -0.4 is 4.90 Å². The first-order valence-electron chi connectivity index (χ1n) is 10.6. The van der Waals surface area contributed by atoms with Crippen molar-refractivity contribution in [2.24, 2.45) is 0 Å². The first-order valence-corrected chi connectivity index (χ1v) is 10.6. The minimum Gasteiger partial charge on any atom is -0.452 e. The Morgan fingerprint density at radius 3 is 2.73 bits per heavy atom. The SMILES string of the molecule is CC[C@H]1CCCCN1C(=O)COC(=O)[C@@]12CCC(=O)N1c1ccccc1C(=O)N2C. The Balaban J connectivity index is 1.57. The van der Waals surface area contributed by atoms with Crippen molar-refractivity contribution in [3.05, 3.63) is 29.8 Å². The van der Waals surface area contributed by atoms with Crippen molar-refractivity contribution >= 4 is 29.4 Å². The second-order valence-corrected chi connectivity index (χ2v) is 8.15. The number of benzene rings is 1. The topological polar surface area (TPSA) is 87.2 Å². The number of piperidine rings is 1. The molecule has 2 fully saturated rings.